The van der Waals surface area contributed by atoms with Crippen LogP contribution in [0.25, 0.3) is 0 Å². The Morgan fingerprint density at radius 3 is 2.46 bits per heavy atom. The van der Waals surface area contributed by atoms with Gasteiger partial charge in [-0.25, -0.2) is 0 Å². The minimum Gasteiger partial charge on any atom is -0.310 e. The van der Waals surface area contributed by atoms with Crippen molar-refractivity contribution >= 4 is 11.6 Å². The van der Waals surface area contributed by atoms with Gasteiger partial charge in [0, 0.05) is 11.4 Å². The van der Waals surface area contributed by atoms with Gasteiger partial charge in [0.05, 0.1) is 0 Å². The first-order valence-electron chi connectivity index (χ1n) is 5.51. The fourth-order valence-corrected chi connectivity index (χ4v) is 2.16. The van der Waals surface area contributed by atoms with Crippen molar-refractivity contribution in [1.29, 1.82) is 0 Å². The molecule has 0 aromatic carbocycles. The Balaban J connectivity index is 2.22. The number of nitrogens with one attached hydrogen (secondary N) is 1. The predicted molar refractivity (Wildman–Crippen MR) is 59.4 cm³/mol. The summed E-state index contributed by atoms with van der Waals surface area (Å²) in [6, 6.07) is 0. The molecule has 1 aliphatic rings. The summed E-state index contributed by atoms with van der Waals surface area (Å²) in [5, 5.41) is 3.61. The zero-order valence-corrected chi connectivity index (χ0v) is 9.66. The van der Waals surface area contributed by atoms with Crippen molar-refractivity contribution in [1.82, 2.24) is 5.32 Å². The van der Waals surface area contributed by atoms with E-state index in [1.165, 1.54) is 25.7 Å². The largest absolute Gasteiger partial charge is 0.310 e. The molecule has 1 N–H and O–H groups in total. The van der Waals surface area contributed by atoms with Crippen LogP contribution >= 0.6 is 11.6 Å². The van der Waals surface area contributed by atoms with Crippen LogP contribution in [0.4, 0.5) is 0 Å². The van der Waals surface area contributed by atoms with Gasteiger partial charge < -0.3 is 5.32 Å². The van der Waals surface area contributed by atoms with Gasteiger partial charge in [-0.05, 0) is 38.6 Å². The Morgan fingerprint density at radius 2 is 2.00 bits per heavy atom. The predicted octanol–water partition coefficient (Wildman–Crippen LogP) is 3.17. The van der Waals surface area contributed by atoms with E-state index in [1.54, 1.807) is 0 Å². The molecule has 1 saturated carbocycles. The smallest absolute Gasteiger partial charge is 0.0403 e. The molecule has 2 heteroatoms. The molecule has 1 unspecified atom stereocenters. The lowest BCUT2D eigenvalue weighted by atomic mass is 9.99. The van der Waals surface area contributed by atoms with Crippen LogP contribution in [0.2, 0.25) is 0 Å². The summed E-state index contributed by atoms with van der Waals surface area (Å²) in [6.45, 7) is 5.58. The third-order valence-electron chi connectivity index (χ3n) is 3.37. The van der Waals surface area contributed by atoms with Crippen LogP contribution in [0.15, 0.2) is 0 Å². The van der Waals surface area contributed by atoms with Gasteiger partial charge in [-0.15, -0.1) is 11.6 Å². The highest BCUT2D eigenvalue weighted by Crippen LogP contribution is 2.24. The molecule has 1 aliphatic carbocycles. The number of rotatable bonds is 5. The van der Waals surface area contributed by atoms with Gasteiger partial charge in [0.25, 0.3) is 0 Å². The quantitative estimate of drug-likeness (QED) is 0.677. The summed E-state index contributed by atoms with van der Waals surface area (Å²) in [7, 11) is 0. The fraction of sp³-hybridized carbons (Fsp3) is 1.00. The molecule has 0 aromatic rings. The van der Waals surface area contributed by atoms with Gasteiger partial charge in [0.15, 0.2) is 0 Å². The van der Waals surface area contributed by atoms with Crippen LogP contribution in [0.5, 0.6) is 0 Å². The van der Waals surface area contributed by atoms with Crippen LogP contribution in [-0.4, -0.2) is 18.0 Å². The molecular weight excluding hydrogens is 182 g/mol. The van der Waals surface area contributed by atoms with Gasteiger partial charge in [-0.3, -0.25) is 0 Å². The van der Waals surface area contributed by atoms with Crippen molar-refractivity contribution in [2.75, 3.05) is 12.4 Å². The SMILES string of the molecule is CCC(C)(CCl)NCC1CCCC1. The summed E-state index contributed by atoms with van der Waals surface area (Å²) in [5.74, 6) is 1.63. The molecule has 0 aliphatic heterocycles. The van der Waals surface area contributed by atoms with Crippen molar-refractivity contribution in [2.24, 2.45) is 5.92 Å². The van der Waals surface area contributed by atoms with Gasteiger partial charge >= 0.3 is 0 Å². The molecule has 1 fully saturated rings. The molecule has 0 spiro atoms. The summed E-state index contributed by atoms with van der Waals surface area (Å²) in [6.07, 6.45) is 6.79. The van der Waals surface area contributed by atoms with Crippen molar-refractivity contribution in [2.45, 2.75) is 51.5 Å². The van der Waals surface area contributed by atoms with Crippen LogP contribution < -0.4 is 5.32 Å². The maximum absolute atomic E-state index is 5.93. The van der Waals surface area contributed by atoms with E-state index in [4.69, 9.17) is 11.6 Å². The maximum atomic E-state index is 5.93. The van der Waals surface area contributed by atoms with Crippen molar-refractivity contribution in [3.05, 3.63) is 0 Å². The van der Waals surface area contributed by atoms with Gasteiger partial charge in [-0.2, -0.15) is 0 Å². The lowest BCUT2D eigenvalue weighted by molar-refractivity contribution is 0.343. The highest BCUT2D eigenvalue weighted by atomic mass is 35.5. The number of halogens is 1. The molecule has 1 rings (SSSR count). The molecule has 0 heterocycles. The minimum atomic E-state index is 0.157. The minimum absolute atomic E-state index is 0.157. The van der Waals surface area contributed by atoms with Crippen molar-refractivity contribution in [3.8, 4) is 0 Å². The number of hydrogen-bond acceptors (Lipinski definition) is 1. The van der Waals surface area contributed by atoms with Crippen molar-refractivity contribution < 1.29 is 0 Å². The van der Waals surface area contributed by atoms with E-state index in [0.29, 0.717) is 0 Å². The third kappa shape index (κ3) is 3.47. The van der Waals surface area contributed by atoms with Crippen LogP contribution in [0.3, 0.4) is 0 Å². The molecular formula is C11H22ClN. The fourth-order valence-electron chi connectivity index (χ4n) is 1.87. The zero-order valence-electron chi connectivity index (χ0n) is 8.91. The third-order valence-corrected chi connectivity index (χ3v) is 3.96. The summed E-state index contributed by atoms with van der Waals surface area (Å²) >= 11 is 5.93. The Morgan fingerprint density at radius 1 is 1.38 bits per heavy atom. The summed E-state index contributed by atoms with van der Waals surface area (Å²) in [4.78, 5) is 0. The average molecular weight is 204 g/mol. The first kappa shape index (κ1) is 11.3. The van der Waals surface area contributed by atoms with Crippen LogP contribution in [0.1, 0.15) is 46.0 Å². The van der Waals surface area contributed by atoms with E-state index in [2.05, 4.69) is 19.2 Å². The second kappa shape index (κ2) is 5.21. The second-order valence-electron chi connectivity index (χ2n) is 4.58. The van der Waals surface area contributed by atoms with E-state index in [9.17, 15) is 0 Å². The molecule has 0 bridgehead atoms. The normalized spacial score (nSPS) is 23.3. The topological polar surface area (TPSA) is 12.0 Å². The number of alkyl halides is 1. The van der Waals surface area contributed by atoms with Crippen molar-refractivity contribution in [3.63, 3.8) is 0 Å². The van der Waals surface area contributed by atoms with E-state index >= 15 is 0 Å². The molecule has 0 amide bonds. The lowest BCUT2D eigenvalue weighted by Gasteiger charge is -2.28. The average Bonchev–Trinajstić information content (AvgIpc) is 2.67. The molecule has 1 nitrogen and oxygen atoms in total. The van der Waals surface area contributed by atoms with E-state index in [1.807, 2.05) is 0 Å². The Kier molecular flexibility index (Phi) is 4.54. The van der Waals surface area contributed by atoms with E-state index in [0.717, 1.165) is 24.8 Å². The second-order valence-corrected chi connectivity index (χ2v) is 4.85. The highest BCUT2D eigenvalue weighted by Gasteiger charge is 2.22. The van der Waals surface area contributed by atoms with Gasteiger partial charge in [0.2, 0.25) is 0 Å². The van der Waals surface area contributed by atoms with E-state index < -0.39 is 0 Å². The summed E-state index contributed by atoms with van der Waals surface area (Å²) in [5.41, 5.74) is 0.157. The zero-order chi connectivity index (χ0) is 9.73. The maximum Gasteiger partial charge on any atom is 0.0403 e. The Bertz CT molecular complexity index is 137. The van der Waals surface area contributed by atoms with Crippen LogP contribution in [0, 0.1) is 5.92 Å². The standard InChI is InChI=1S/C11H22ClN/c1-3-11(2,9-12)13-8-10-6-4-5-7-10/h10,13H,3-9H2,1-2H3. The summed E-state index contributed by atoms with van der Waals surface area (Å²) < 4.78 is 0. The Labute approximate surface area is 87.2 Å². The Hall–Kier alpha value is 0.250. The molecule has 1 atom stereocenters. The number of hydrogen-bond donors (Lipinski definition) is 1. The lowest BCUT2D eigenvalue weighted by Crippen LogP contribution is -2.45. The molecule has 0 aromatic heterocycles. The van der Waals surface area contributed by atoms with Gasteiger partial charge in [-0.1, -0.05) is 19.8 Å². The monoisotopic (exact) mass is 203 g/mol. The first-order valence-corrected chi connectivity index (χ1v) is 6.04. The van der Waals surface area contributed by atoms with E-state index in [-0.39, 0.29) is 5.54 Å². The first-order chi connectivity index (χ1) is 6.20. The molecule has 78 valence electrons. The van der Waals surface area contributed by atoms with Crippen LogP contribution in [-0.2, 0) is 0 Å². The van der Waals surface area contributed by atoms with Gasteiger partial charge in [0.1, 0.15) is 0 Å². The molecule has 0 radical (unpaired) electrons. The molecule has 0 saturated heterocycles. The molecule has 13 heavy (non-hydrogen) atoms. The highest BCUT2D eigenvalue weighted by molar-refractivity contribution is 6.18.